The molecule has 6 heteroatoms. The van der Waals surface area contributed by atoms with Gasteiger partial charge in [0.05, 0.1) is 26.1 Å². The van der Waals surface area contributed by atoms with Crippen molar-refractivity contribution in [3.8, 4) is 22.9 Å². The fraction of sp³-hybridized carbons (Fsp3) is 0.250. The van der Waals surface area contributed by atoms with E-state index in [1.165, 1.54) is 0 Å². The molecule has 1 aromatic heterocycles. The van der Waals surface area contributed by atoms with Crippen LogP contribution in [0.15, 0.2) is 54.9 Å². The Hall–Kier alpha value is -2.99. The van der Waals surface area contributed by atoms with Crippen LogP contribution in [-0.4, -0.2) is 41.1 Å². The summed E-state index contributed by atoms with van der Waals surface area (Å²) in [6.07, 6.45) is 3.87. The largest absolute Gasteiger partial charge is 0.507 e. The van der Waals surface area contributed by atoms with E-state index in [9.17, 15) is 5.11 Å². The van der Waals surface area contributed by atoms with Crippen LogP contribution in [0.3, 0.4) is 0 Å². The Bertz CT molecular complexity index is 862. The summed E-state index contributed by atoms with van der Waals surface area (Å²) in [5.74, 6) is 1.31. The van der Waals surface area contributed by atoms with Gasteiger partial charge in [0.25, 0.3) is 0 Å². The molecule has 0 fully saturated rings. The first kappa shape index (κ1) is 17.8. The molecule has 0 amide bonds. The number of aromatic hydroxyl groups is 1. The van der Waals surface area contributed by atoms with Crippen LogP contribution in [0.5, 0.6) is 17.2 Å². The Balaban J connectivity index is 1.70. The van der Waals surface area contributed by atoms with E-state index in [1.807, 2.05) is 54.5 Å². The Morgan fingerprint density at radius 1 is 1.04 bits per heavy atom. The van der Waals surface area contributed by atoms with E-state index in [0.29, 0.717) is 24.6 Å². The quantitative estimate of drug-likeness (QED) is 0.707. The maximum Gasteiger partial charge on any atom is 0.164 e. The van der Waals surface area contributed by atoms with Crippen LogP contribution < -0.4 is 9.47 Å². The lowest BCUT2D eigenvalue weighted by molar-refractivity contribution is 0.308. The third-order valence-electron chi connectivity index (χ3n) is 4.13. The zero-order valence-electron chi connectivity index (χ0n) is 15.2. The first-order valence-corrected chi connectivity index (χ1v) is 8.32. The molecule has 3 aromatic rings. The van der Waals surface area contributed by atoms with Gasteiger partial charge in [-0.1, -0.05) is 18.2 Å². The third-order valence-corrected chi connectivity index (χ3v) is 4.13. The van der Waals surface area contributed by atoms with E-state index in [-0.39, 0.29) is 5.75 Å². The summed E-state index contributed by atoms with van der Waals surface area (Å²) in [7, 11) is 5.13. The second kappa shape index (κ2) is 7.93. The molecule has 0 saturated carbocycles. The van der Waals surface area contributed by atoms with Gasteiger partial charge in [0.15, 0.2) is 11.5 Å². The molecule has 136 valence electrons. The van der Waals surface area contributed by atoms with Crippen LogP contribution in [-0.2, 0) is 13.1 Å². The number of methoxy groups -OCH3 is 2. The number of phenols is 1. The molecule has 0 unspecified atom stereocenters. The van der Waals surface area contributed by atoms with Gasteiger partial charge in [-0.15, -0.1) is 0 Å². The highest BCUT2D eigenvalue weighted by atomic mass is 16.5. The normalized spacial score (nSPS) is 10.9. The van der Waals surface area contributed by atoms with E-state index >= 15 is 0 Å². The highest BCUT2D eigenvalue weighted by Crippen LogP contribution is 2.34. The summed E-state index contributed by atoms with van der Waals surface area (Å²) in [6, 6.07) is 13.4. The number of ether oxygens (including phenoxy) is 2. The molecular weight excluding hydrogens is 330 g/mol. The van der Waals surface area contributed by atoms with E-state index in [0.717, 1.165) is 16.8 Å². The van der Waals surface area contributed by atoms with E-state index < -0.39 is 0 Å². The first-order chi connectivity index (χ1) is 12.6. The maximum atomic E-state index is 10.2. The van der Waals surface area contributed by atoms with Crippen molar-refractivity contribution in [2.24, 2.45) is 0 Å². The minimum atomic E-state index is 0.189. The third kappa shape index (κ3) is 3.97. The van der Waals surface area contributed by atoms with Gasteiger partial charge in [-0.3, -0.25) is 4.90 Å². The molecule has 1 N–H and O–H groups in total. The number of nitrogens with zero attached hydrogens (tertiary/aromatic N) is 3. The Kier molecular flexibility index (Phi) is 5.43. The average molecular weight is 353 g/mol. The van der Waals surface area contributed by atoms with Crippen LogP contribution in [0, 0.1) is 0 Å². The highest BCUT2D eigenvalue weighted by molar-refractivity contribution is 5.50. The number of aromatic nitrogens is 2. The molecule has 0 saturated heterocycles. The fourth-order valence-corrected chi connectivity index (χ4v) is 2.86. The Morgan fingerprint density at radius 2 is 1.73 bits per heavy atom. The average Bonchev–Trinajstić information content (AvgIpc) is 3.12. The molecule has 0 aliphatic carbocycles. The van der Waals surface area contributed by atoms with Gasteiger partial charge >= 0.3 is 0 Å². The lowest BCUT2D eigenvalue weighted by Crippen LogP contribution is -2.17. The number of phenolic OH excluding ortho intramolecular Hbond substituents is 1. The van der Waals surface area contributed by atoms with Crippen molar-refractivity contribution in [1.82, 2.24) is 14.7 Å². The van der Waals surface area contributed by atoms with Crippen molar-refractivity contribution in [3.05, 3.63) is 66.0 Å². The summed E-state index contributed by atoms with van der Waals surface area (Å²) >= 11 is 0. The van der Waals surface area contributed by atoms with Gasteiger partial charge in [0.2, 0.25) is 0 Å². The fourth-order valence-electron chi connectivity index (χ4n) is 2.86. The van der Waals surface area contributed by atoms with Crippen molar-refractivity contribution in [2.45, 2.75) is 13.1 Å². The van der Waals surface area contributed by atoms with Gasteiger partial charge < -0.3 is 14.6 Å². The molecule has 3 rings (SSSR count). The number of hydrogen-bond acceptors (Lipinski definition) is 5. The number of rotatable bonds is 7. The number of para-hydroxylation sites is 1. The lowest BCUT2D eigenvalue weighted by atomic mass is 10.1. The summed E-state index contributed by atoms with van der Waals surface area (Å²) in [5, 5.41) is 14.6. The minimum absolute atomic E-state index is 0.189. The van der Waals surface area contributed by atoms with Crippen molar-refractivity contribution < 1.29 is 14.6 Å². The smallest absolute Gasteiger partial charge is 0.164 e. The second-order valence-corrected chi connectivity index (χ2v) is 6.14. The molecule has 0 bridgehead atoms. The van der Waals surface area contributed by atoms with Gasteiger partial charge in [0.1, 0.15) is 5.75 Å². The Labute approximate surface area is 153 Å². The molecule has 0 aliphatic heterocycles. The lowest BCUT2D eigenvalue weighted by Gasteiger charge is -2.18. The monoisotopic (exact) mass is 353 g/mol. The molecule has 2 aromatic carbocycles. The van der Waals surface area contributed by atoms with Crippen LogP contribution in [0.4, 0.5) is 0 Å². The Morgan fingerprint density at radius 3 is 2.42 bits per heavy atom. The van der Waals surface area contributed by atoms with Crippen molar-refractivity contribution >= 4 is 0 Å². The van der Waals surface area contributed by atoms with Gasteiger partial charge in [-0.05, 0) is 25.2 Å². The van der Waals surface area contributed by atoms with E-state index in [1.54, 1.807) is 26.4 Å². The molecule has 0 spiro atoms. The SMILES string of the molecule is COc1cc(O)c(CN(C)Cc2cnn(-c3ccccc3)c2)cc1OC. The van der Waals surface area contributed by atoms with Gasteiger partial charge in [0, 0.05) is 36.5 Å². The number of hydrogen-bond donors (Lipinski definition) is 1. The summed E-state index contributed by atoms with van der Waals surface area (Å²) in [6.45, 7) is 1.28. The van der Waals surface area contributed by atoms with Crippen LogP contribution in [0.25, 0.3) is 5.69 Å². The first-order valence-electron chi connectivity index (χ1n) is 8.32. The molecule has 6 nitrogen and oxygen atoms in total. The summed E-state index contributed by atoms with van der Waals surface area (Å²) in [4.78, 5) is 2.10. The van der Waals surface area contributed by atoms with Gasteiger partial charge in [-0.25, -0.2) is 4.68 Å². The number of benzene rings is 2. The second-order valence-electron chi connectivity index (χ2n) is 6.14. The van der Waals surface area contributed by atoms with E-state index in [2.05, 4.69) is 10.00 Å². The topological polar surface area (TPSA) is 59.8 Å². The molecular formula is C20H23N3O3. The van der Waals surface area contributed by atoms with Crippen molar-refractivity contribution in [1.29, 1.82) is 0 Å². The van der Waals surface area contributed by atoms with Gasteiger partial charge in [-0.2, -0.15) is 5.10 Å². The molecule has 0 atom stereocenters. The molecule has 1 heterocycles. The zero-order valence-corrected chi connectivity index (χ0v) is 15.2. The standard InChI is InChI=1S/C20H23N3O3/c1-22(14-16-9-19(25-2)20(26-3)10-18(16)24)12-15-11-21-23(13-15)17-7-5-4-6-8-17/h4-11,13,24H,12,14H2,1-3H3. The summed E-state index contributed by atoms with van der Waals surface area (Å²) in [5.41, 5.74) is 2.90. The zero-order chi connectivity index (χ0) is 18.5. The predicted molar refractivity (Wildman–Crippen MR) is 99.9 cm³/mol. The van der Waals surface area contributed by atoms with Crippen LogP contribution >= 0.6 is 0 Å². The molecule has 0 radical (unpaired) electrons. The minimum Gasteiger partial charge on any atom is -0.507 e. The van der Waals surface area contributed by atoms with Crippen LogP contribution in [0.1, 0.15) is 11.1 Å². The van der Waals surface area contributed by atoms with E-state index in [4.69, 9.17) is 9.47 Å². The van der Waals surface area contributed by atoms with Crippen molar-refractivity contribution in [2.75, 3.05) is 21.3 Å². The molecule has 0 aliphatic rings. The maximum absolute atomic E-state index is 10.2. The van der Waals surface area contributed by atoms with Crippen molar-refractivity contribution in [3.63, 3.8) is 0 Å². The summed E-state index contributed by atoms with van der Waals surface area (Å²) < 4.78 is 12.4. The van der Waals surface area contributed by atoms with Crippen LogP contribution in [0.2, 0.25) is 0 Å². The highest BCUT2D eigenvalue weighted by Gasteiger charge is 2.13. The molecule has 26 heavy (non-hydrogen) atoms. The predicted octanol–water partition coefficient (Wildman–Crippen LogP) is 3.23.